The largest absolute Gasteiger partial charge is 0.298 e. The molecule has 0 saturated heterocycles. The van der Waals surface area contributed by atoms with Crippen molar-refractivity contribution in [3.63, 3.8) is 0 Å². The SMILES string of the molecule is CCCN(CC)Cc1c(Br)c(C)nn1CC. The van der Waals surface area contributed by atoms with Crippen molar-refractivity contribution in [2.75, 3.05) is 13.1 Å². The average molecular weight is 288 g/mol. The molecular weight excluding hydrogens is 266 g/mol. The molecule has 0 aliphatic carbocycles. The Morgan fingerprint density at radius 1 is 1.31 bits per heavy atom. The summed E-state index contributed by atoms with van der Waals surface area (Å²) in [7, 11) is 0. The van der Waals surface area contributed by atoms with E-state index in [-0.39, 0.29) is 0 Å². The minimum Gasteiger partial charge on any atom is -0.298 e. The molecule has 1 heterocycles. The monoisotopic (exact) mass is 287 g/mol. The van der Waals surface area contributed by atoms with Gasteiger partial charge in [0.15, 0.2) is 0 Å². The molecule has 0 unspecified atom stereocenters. The zero-order valence-electron chi connectivity index (χ0n) is 10.8. The number of hydrogen-bond donors (Lipinski definition) is 0. The third-order valence-electron chi connectivity index (χ3n) is 2.81. The van der Waals surface area contributed by atoms with Crippen LogP contribution in [0.5, 0.6) is 0 Å². The molecule has 3 nitrogen and oxygen atoms in total. The van der Waals surface area contributed by atoms with Gasteiger partial charge in [0.1, 0.15) is 0 Å². The Labute approximate surface area is 107 Å². The van der Waals surface area contributed by atoms with Gasteiger partial charge in [0.25, 0.3) is 0 Å². The molecule has 4 heteroatoms. The van der Waals surface area contributed by atoms with E-state index in [0.29, 0.717) is 0 Å². The molecule has 1 rings (SSSR count). The van der Waals surface area contributed by atoms with Crippen LogP contribution in [0.2, 0.25) is 0 Å². The fourth-order valence-corrected chi connectivity index (χ4v) is 2.31. The predicted molar refractivity (Wildman–Crippen MR) is 71.6 cm³/mol. The number of rotatable bonds is 6. The van der Waals surface area contributed by atoms with E-state index in [4.69, 9.17) is 0 Å². The van der Waals surface area contributed by atoms with Crippen LogP contribution in [0, 0.1) is 6.92 Å². The lowest BCUT2D eigenvalue weighted by Gasteiger charge is -2.20. The second kappa shape index (κ2) is 6.40. The Hall–Kier alpha value is -0.350. The van der Waals surface area contributed by atoms with Gasteiger partial charge in [0.2, 0.25) is 0 Å². The highest BCUT2D eigenvalue weighted by molar-refractivity contribution is 9.10. The molecular formula is C12H22BrN3. The maximum atomic E-state index is 4.52. The highest BCUT2D eigenvalue weighted by atomic mass is 79.9. The second-order valence-electron chi connectivity index (χ2n) is 4.03. The molecule has 1 aromatic heterocycles. The van der Waals surface area contributed by atoms with Crippen molar-refractivity contribution in [1.82, 2.24) is 14.7 Å². The average Bonchev–Trinajstić information content (AvgIpc) is 2.55. The zero-order valence-corrected chi connectivity index (χ0v) is 12.3. The van der Waals surface area contributed by atoms with E-state index in [9.17, 15) is 0 Å². The van der Waals surface area contributed by atoms with Crippen molar-refractivity contribution >= 4 is 15.9 Å². The number of halogens is 1. The van der Waals surface area contributed by atoms with Crippen molar-refractivity contribution in [3.8, 4) is 0 Å². The highest BCUT2D eigenvalue weighted by Crippen LogP contribution is 2.22. The lowest BCUT2D eigenvalue weighted by Crippen LogP contribution is -2.25. The first-order valence-corrected chi connectivity index (χ1v) is 6.87. The molecule has 0 atom stereocenters. The van der Waals surface area contributed by atoms with Crippen molar-refractivity contribution in [3.05, 3.63) is 15.9 Å². The van der Waals surface area contributed by atoms with Gasteiger partial charge in [-0.05, 0) is 49.3 Å². The number of hydrogen-bond acceptors (Lipinski definition) is 2. The van der Waals surface area contributed by atoms with Gasteiger partial charge in [-0.15, -0.1) is 0 Å². The summed E-state index contributed by atoms with van der Waals surface area (Å²) in [6.07, 6.45) is 1.20. The maximum Gasteiger partial charge on any atom is 0.0739 e. The minimum atomic E-state index is 0.936. The quantitative estimate of drug-likeness (QED) is 0.801. The molecule has 92 valence electrons. The number of nitrogens with zero attached hydrogens (tertiary/aromatic N) is 3. The molecule has 0 N–H and O–H groups in total. The minimum absolute atomic E-state index is 0.936. The van der Waals surface area contributed by atoms with Crippen LogP contribution in [0.3, 0.4) is 0 Å². The zero-order chi connectivity index (χ0) is 12.1. The van der Waals surface area contributed by atoms with E-state index >= 15 is 0 Å². The van der Waals surface area contributed by atoms with Crippen LogP contribution in [0.4, 0.5) is 0 Å². The molecule has 16 heavy (non-hydrogen) atoms. The van der Waals surface area contributed by atoms with Crippen LogP contribution in [-0.2, 0) is 13.1 Å². The van der Waals surface area contributed by atoms with E-state index in [1.807, 2.05) is 0 Å². The van der Waals surface area contributed by atoms with E-state index in [2.05, 4.69) is 58.3 Å². The lowest BCUT2D eigenvalue weighted by atomic mass is 10.3. The molecule has 0 aromatic carbocycles. The van der Waals surface area contributed by atoms with Crippen LogP contribution in [0.1, 0.15) is 38.6 Å². The fourth-order valence-electron chi connectivity index (χ4n) is 1.90. The predicted octanol–water partition coefficient (Wildman–Crippen LogP) is 3.21. The number of aryl methyl sites for hydroxylation is 2. The van der Waals surface area contributed by atoms with Gasteiger partial charge in [-0.2, -0.15) is 5.10 Å². The molecule has 1 aromatic rings. The highest BCUT2D eigenvalue weighted by Gasteiger charge is 2.14. The third-order valence-corrected chi connectivity index (χ3v) is 3.84. The summed E-state index contributed by atoms with van der Waals surface area (Å²) in [4.78, 5) is 2.45. The molecule has 0 amide bonds. The van der Waals surface area contributed by atoms with E-state index < -0.39 is 0 Å². The molecule has 0 aliphatic heterocycles. The van der Waals surface area contributed by atoms with Crippen LogP contribution < -0.4 is 0 Å². The molecule has 0 saturated carbocycles. The molecule has 0 fully saturated rings. The van der Waals surface area contributed by atoms with Gasteiger partial charge in [0.05, 0.1) is 15.9 Å². The normalized spacial score (nSPS) is 11.4. The van der Waals surface area contributed by atoms with E-state index in [1.165, 1.54) is 16.6 Å². The summed E-state index contributed by atoms with van der Waals surface area (Å²) >= 11 is 3.64. The Balaban J connectivity index is 2.85. The van der Waals surface area contributed by atoms with Crippen LogP contribution >= 0.6 is 15.9 Å². The molecule has 0 spiro atoms. The summed E-state index contributed by atoms with van der Waals surface area (Å²) in [5.41, 5.74) is 2.39. The summed E-state index contributed by atoms with van der Waals surface area (Å²) in [6.45, 7) is 12.8. The fraction of sp³-hybridized carbons (Fsp3) is 0.750. The summed E-state index contributed by atoms with van der Waals surface area (Å²) in [6, 6.07) is 0. The summed E-state index contributed by atoms with van der Waals surface area (Å²) in [5.74, 6) is 0. The van der Waals surface area contributed by atoms with E-state index in [0.717, 1.165) is 31.9 Å². The molecule has 0 bridgehead atoms. The van der Waals surface area contributed by atoms with Crippen molar-refractivity contribution < 1.29 is 0 Å². The Kier molecular flexibility index (Phi) is 5.49. The number of aromatic nitrogens is 2. The lowest BCUT2D eigenvalue weighted by molar-refractivity contribution is 0.271. The Morgan fingerprint density at radius 3 is 2.50 bits per heavy atom. The second-order valence-corrected chi connectivity index (χ2v) is 4.82. The van der Waals surface area contributed by atoms with Crippen molar-refractivity contribution in [2.24, 2.45) is 0 Å². The first-order valence-electron chi connectivity index (χ1n) is 6.08. The van der Waals surface area contributed by atoms with Crippen LogP contribution in [-0.4, -0.2) is 27.8 Å². The van der Waals surface area contributed by atoms with Gasteiger partial charge < -0.3 is 0 Å². The Morgan fingerprint density at radius 2 is 2.00 bits per heavy atom. The maximum absolute atomic E-state index is 4.52. The summed E-state index contributed by atoms with van der Waals surface area (Å²) < 4.78 is 3.27. The van der Waals surface area contributed by atoms with Gasteiger partial charge in [-0.3, -0.25) is 9.58 Å². The first-order chi connectivity index (χ1) is 7.63. The van der Waals surface area contributed by atoms with Gasteiger partial charge in [0, 0.05) is 13.1 Å². The van der Waals surface area contributed by atoms with Gasteiger partial charge in [-0.25, -0.2) is 0 Å². The first kappa shape index (κ1) is 13.7. The Bertz CT molecular complexity index is 333. The smallest absolute Gasteiger partial charge is 0.0739 e. The molecule has 0 aliphatic rings. The van der Waals surface area contributed by atoms with Crippen molar-refractivity contribution in [2.45, 2.75) is 47.2 Å². The standard InChI is InChI=1S/C12H22BrN3/c1-5-8-15(6-2)9-11-12(13)10(4)14-16(11)7-3/h5-9H2,1-4H3. The van der Waals surface area contributed by atoms with Crippen molar-refractivity contribution in [1.29, 1.82) is 0 Å². The van der Waals surface area contributed by atoms with Crippen LogP contribution in [0.25, 0.3) is 0 Å². The van der Waals surface area contributed by atoms with Gasteiger partial charge in [-0.1, -0.05) is 13.8 Å². The van der Waals surface area contributed by atoms with Crippen LogP contribution in [0.15, 0.2) is 4.47 Å². The van der Waals surface area contributed by atoms with Gasteiger partial charge >= 0.3 is 0 Å². The topological polar surface area (TPSA) is 21.1 Å². The molecule has 0 radical (unpaired) electrons. The third kappa shape index (κ3) is 3.08. The summed E-state index contributed by atoms with van der Waals surface area (Å²) in [5, 5.41) is 4.52. The van der Waals surface area contributed by atoms with E-state index in [1.54, 1.807) is 0 Å².